The minimum atomic E-state index is -1.03. The molecule has 0 atom stereocenters. The summed E-state index contributed by atoms with van der Waals surface area (Å²) in [7, 11) is 1.10. The second kappa shape index (κ2) is 9.36. The maximum Gasteiger partial charge on any atom is 0.374 e. The fraction of sp³-hybridized carbons (Fsp3) is 0.211. The summed E-state index contributed by atoms with van der Waals surface area (Å²) in [5, 5.41) is 1.18. The molecule has 2 rings (SSSR count). The van der Waals surface area contributed by atoms with E-state index in [1.54, 1.807) is 48.5 Å². The molecule has 0 bridgehead atoms. The zero-order chi connectivity index (χ0) is 19.1. The number of hydrogen-bond donors (Lipinski definition) is 0. The van der Waals surface area contributed by atoms with E-state index in [9.17, 15) is 14.4 Å². The Kier molecular flexibility index (Phi) is 7.18. The van der Waals surface area contributed by atoms with Crippen LogP contribution < -0.4 is 0 Å². The van der Waals surface area contributed by atoms with Crippen LogP contribution in [-0.2, 0) is 32.2 Å². The summed E-state index contributed by atoms with van der Waals surface area (Å²) < 4.78 is 4.37. The molecule has 0 aliphatic rings. The van der Waals surface area contributed by atoms with Gasteiger partial charge in [-0.1, -0.05) is 47.5 Å². The van der Waals surface area contributed by atoms with Crippen molar-refractivity contribution in [2.75, 3.05) is 7.11 Å². The normalized spacial score (nSPS) is 10.3. The Bertz CT molecular complexity index is 741. The SMILES string of the molecule is COC(=O)C(=O)CC(=O)N(Cc1ccc(Cl)cc1)Cc1ccc(Cl)cc1. The first kappa shape index (κ1) is 19.9. The lowest BCUT2D eigenvalue weighted by Crippen LogP contribution is -2.33. The van der Waals surface area contributed by atoms with Crippen LogP contribution in [0.1, 0.15) is 17.5 Å². The molecule has 1 amide bonds. The number of carbonyl (C=O) groups is 3. The average molecular weight is 394 g/mol. The van der Waals surface area contributed by atoms with Gasteiger partial charge in [-0.2, -0.15) is 0 Å². The summed E-state index contributed by atoms with van der Waals surface area (Å²) >= 11 is 11.8. The second-order valence-electron chi connectivity index (χ2n) is 5.59. The average Bonchev–Trinajstić information content (AvgIpc) is 2.63. The van der Waals surface area contributed by atoms with Gasteiger partial charge in [0, 0.05) is 23.1 Å². The monoisotopic (exact) mass is 393 g/mol. The number of esters is 1. The lowest BCUT2D eigenvalue weighted by atomic mass is 10.1. The number of halogens is 2. The van der Waals surface area contributed by atoms with Gasteiger partial charge in [0.2, 0.25) is 11.7 Å². The summed E-state index contributed by atoms with van der Waals surface area (Å²) in [6, 6.07) is 14.1. The van der Waals surface area contributed by atoms with Crippen LogP contribution >= 0.6 is 23.2 Å². The molecule has 0 heterocycles. The molecule has 0 aliphatic carbocycles. The van der Waals surface area contributed by atoms with E-state index in [1.807, 2.05) is 0 Å². The zero-order valence-corrected chi connectivity index (χ0v) is 15.6. The molecule has 0 aliphatic heterocycles. The van der Waals surface area contributed by atoms with Crippen LogP contribution in [-0.4, -0.2) is 29.7 Å². The topological polar surface area (TPSA) is 63.7 Å². The number of methoxy groups -OCH3 is 1. The maximum absolute atomic E-state index is 12.6. The van der Waals surface area contributed by atoms with Crippen LogP contribution in [0, 0.1) is 0 Å². The molecular formula is C19H17Cl2NO4. The van der Waals surface area contributed by atoms with Crippen molar-refractivity contribution in [1.82, 2.24) is 4.90 Å². The van der Waals surface area contributed by atoms with E-state index in [0.717, 1.165) is 18.2 Å². The fourth-order valence-electron chi connectivity index (χ4n) is 2.29. The number of benzene rings is 2. The quantitative estimate of drug-likeness (QED) is 0.409. The van der Waals surface area contributed by atoms with Crippen molar-refractivity contribution >= 4 is 40.9 Å². The second-order valence-corrected chi connectivity index (χ2v) is 6.47. The van der Waals surface area contributed by atoms with Crippen molar-refractivity contribution in [3.05, 3.63) is 69.7 Å². The summed E-state index contributed by atoms with van der Waals surface area (Å²) in [4.78, 5) is 37.1. The Morgan fingerprint density at radius 2 is 1.27 bits per heavy atom. The van der Waals surface area contributed by atoms with E-state index < -0.39 is 24.1 Å². The van der Waals surface area contributed by atoms with Crippen LogP contribution in [0.2, 0.25) is 10.0 Å². The molecule has 136 valence electrons. The summed E-state index contributed by atoms with van der Waals surface area (Å²) in [6.07, 6.45) is -0.548. The smallest absolute Gasteiger partial charge is 0.374 e. The van der Waals surface area contributed by atoms with Gasteiger partial charge >= 0.3 is 5.97 Å². The van der Waals surface area contributed by atoms with Gasteiger partial charge in [-0.3, -0.25) is 9.59 Å². The number of carbonyl (C=O) groups excluding carboxylic acids is 3. The summed E-state index contributed by atoms with van der Waals surface area (Å²) in [6.45, 7) is 0.542. The Hall–Kier alpha value is -2.37. The molecule has 26 heavy (non-hydrogen) atoms. The van der Waals surface area contributed by atoms with Crippen LogP contribution in [0.25, 0.3) is 0 Å². The standard InChI is InChI=1S/C19H17Cl2NO4/c1-26-19(25)17(23)10-18(24)22(11-13-2-6-15(20)7-3-13)12-14-4-8-16(21)9-5-14/h2-9H,10-12H2,1H3. The van der Waals surface area contributed by atoms with Crippen LogP contribution in [0.5, 0.6) is 0 Å². The van der Waals surface area contributed by atoms with Gasteiger partial charge < -0.3 is 9.64 Å². The molecule has 5 nitrogen and oxygen atoms in total. The molecule has 0 saturated carbocycles. The summed E-state index contributed by atoms with van der Waals surface area (Å²) in [5.74, 6) is -2.38. The highest BCUT2D eigenvalue weighted by atomic mass is 35.5. The van der Waals surface area contributed by atoms with Gasteiger partial charge in [-0.25, -0.2) is 4.79 Å². The van der Waals surface area contributed by atoms with Crippen molar-refractivity contribution in [2.24, 2.45) is 0 Å². The summed E-state index contributed by atoms with van der Waals surface area (Å²) in [5.41, 5.74) is 1.70. The number of hydrogen-bond acceptors (Lipinski definition) is 4. The number of ether oxygens (including phenoxy) is 1. The van der Waals surface area contributed by atoms with Crippen molar-refractivity contribution in [3.8, 4) is 0 Å². The van der Waals surface area contributed by atoms with Gasteiger partial charge in [0.05, 0.1) is 13.5 Å². The molecule has 0 fully saturated rings. The van der Waals surface area contributed by atoms with Gasteiger partial charge in [-0.05, 0) is 35.4 Å². The molecule has 2 aromatic rings. The first-order valence-electron chi connectivity index (χ1n) is 7.77. The zero-order valence-electron chi connectivity index (χ0n) is 14.1. The predicted molar refractivity (Wildman–Crippen MR) is 98.8 cm³/mol. The van der Waals surface area contributed by atoms with Crippen LogP contribution in [0.4, 0.5) is 0 Å². The Morgan fingerprint density at radius 3 is 1.65 bits per heavy atom. The molecule has 0 saturated heterocycles. The molecule has 0 aromatic heterocycles. The highest BCUT2D eigenvalue weighted by Gasteiger charge is 2.23. The van der Waals surface area contributed by atoms with Gasteiger partial charge in [0.25, 0.3) is 0 Å². The maximum atomic E-state index is 12.6. The predicted octanol–water partition coefficient (Wildman–Crippen LogP) is 3.65. The molecule has 0 N–H and O–H groups in total. The largest absolute Gasteiger partial charge is 0.463 e. The van der Waals surface area contributed by atoms with Crippen molar-refractivity contribution in [3.63, 3.8) is 0 Å². The first-order valence-corrected chi connectivity index (χ1v) is 8.52. The fourth-order valence-corrected chi connectivity index (χ4v) is 2.54. The lowest BCUT2D eigenvalue weighted by Gasteiger charge is -2.23. The Morgan fingerprint density at radius 1 is 0.846 bits per heavy atom. The van der Waals surface area contributed by atoms with Crippen LogP contribution in [0.15, 0.2) is 48.5 Å². The molecule has 0 unspecified atom stereocenters. The molecule has 7 heteroatoms. The van der Waals surface area contributed by atoms with E-state index in [2.05, 4.69) is 4.74 Å². The van der Waals surface area contributed by atoms with Crippen molar-refractivity contribution in [1.29, 1.82) is 0 Å². The number of Topliss-reactive ketones (excluding diaryl/α,β-unsaturated/α-hetero) is 1. The van der Waals surface area contributed by atoms with E-state index in [4.69, 9.17) is 23.2 Å². The number of nitrogens with zero attached hydrogens (tertiary/aromatic N) is 1. The first-order chi connectivity index (χ1) is 12.4. The highest BCUT2D eigenvalue weighted by molar-refractivity contribution is 6.36. The lowest BCUT2D eigenvalue weighted by molar-refractivity contribution is -0.153. The van der Waals surface area contributed by atoms with Gasteiger partial charge in [0.1, 0.15) is 0 Å². The van der Waals surface area contributed by atoms with Crippen LogP contribution in [0.3, 0.4) is 0 Å². The Balaban J connectivity index is 2.17. The van der Waals surface area contributed by atoms with Crippen molar-refractivity contribution < 1.29 is 19.1 Å². The molecule has 0 radical (unpaired) electrons. The van der Waals surface area contributed by atoms with Gasteiger partial charge in [-0.15, -0.1) is 0 Å². The third kappa shape index (κ3) is 5.86. The molecule has 0 spiro atoms. The number of rotatable bonds is 7. The van der Waals surface area contributed by atoms with E-state index in [0.29, 0.717) is 10.0 Å². The van der Waals surface area contributed by atoms with E-state index in [-0.39, 0.29) is 13.1 Å². The number of ketones is 1. The molecular weight excluding hydrogens is 377 g/mol. The third-order valence-electron chi connectivity index (χ3n) is 3.65. The Labute approximate surface area is 161 Å². The van der Waals surface area contributed by atoms with Gasteiger partial charge in [0.15, 0.2) is 0 Å². The minimum absolute atomic E-state index is 0.271. The van der Waals surface area contributed by atoms with E-state index in [1.165, 1.54) is 4.90 Å². The van der Waals surface area contributed by atoms with Crippen molar-refractivity contribution in [2.45, 2.75) is 19.5 Å². The molecule has 2 aromatic carbocycles. The third-order valence-corrected chi connectivity index (χ3v) is 4.15. The number of amides is 1. The highest BCUT2D eigenvalue weighted by Crippen LogP contribution is 2.16. The van der Waals surface area contributed by atoms with E-state index >= 15 is 0 Å². The minimum Gasteiger partial charge on any atom is -0.463 e.